The number of hydrogen-bond acceptors (Lipinski definition) is 2. The van der Waals surface area contributed by atoms with Crippen LogP contribution in [-0.4, -0.2) is 12.9 Å². The molecule has 0 spiro atoms. The summed E-state index contributed by atoms with van der Waals surface area (Å²) >= 11 is 3.62. The fourth-order valence-electron chi connectivity index (χ4n) is 2.77. The average Bonchev–Trinajstić information content (AvgIpc) is 2.59. The van der Waals surface area contributed by atoms with Crippen LogP contribution in [0.2, 0.25) is 0 Å². The maximum absolute atomic E-state index is 12.2. The van der Waals surface area contributed by atoms with Gasteiger partial charge < -0.3 is 4.74 Å². The Morgan fingerprint density at radius 3 is 2.36 bits per heavy atom. The highest BCUT2D eigenvalue weighted by Crippen LogP contribution is 2.28. The number of carbonyl (C=O) groups excluding carboxylic acids is 1. The minimum absolute atomic E-state index is 0.234. The number of allylic oxidation sites excluding steroid dienone is 3. The van der Waals surface area contributed by atoms with Crippen molar-refractivity contribution in [1.82, 2.24) is 0 Å². The number of rotatable bonds is 5. The van der Waals surface area contributed by atoms with E-state index >= 15 is 0 Å². The molecular formula is C19H23BrO2. The standard InChI is InChI=1S/C19H23BrO2/c1-14(8-13-18(21)15-6-4-3-5-7-15)19(20)16-9-11-17(22-2)12-10-16/h8-13,15H,3-7H2,1-2H3. The van der Waals surface area contributed by atoms with Gasteiger partial charge in [0.05, 0.1) is 7.11 Å². The SMILES string of the molecule is COc1ccc(C(Br)=C(C)C=CC(=O)C2CCCCC2)cc1. The summed E-state index contributed by atoms with van der Waals surface area (Å²) in [7, 11) is 1.66. The summed E-state index contributed by atoms with van der Waals surface area (Å²) in [4.78, 5) is 12.2. The zero-order chi connectivity index (χ0) is 15.9. The Morgan fingerprint density at radius 1 is 1.14 bits per heavy atom. The minimum atomic E-state index is 0.234. The molecule has 0 unspecified atom stereocenters. The fraction of sp³-hybridized carbons (Fsp3) is 0.421. The molecule has 2 rings (SSSR count). The van der Waals surface area contributed by atoms with Crippen LogP contribution >= 0.6 is 15.9 Å². The number of methoxy groups -OCH3 is 1. The molecule has 0 bridgehead atoms. The molecule has 118 valence electrons. The molecule has 0 aliphatic heterocycles. The number of ketones is 1. The van der Waals surface area contributed by atoms with Gasteiger partial charge in [0, 0.05) is 10.4 Å². The van der Waals surface area contributed by atoms with Gasteiger partial charge in [0.2, 0.25) is 0 Å². The molecule has 1 saturated carbocycles. The van der Waals surface area contributed by atoms with Crippen molar-refractivity contribution in [2.24, 2.45) is 5.92 Å². The minimum Gasteiger partial charge on any atom is -0.497 e. The Kier molecular flexibility index (Phi) is 6.44. The summed E-state index contributed by atoms with van der Waals surface area (Å²) in [6.45, 7) is 2.01. The molecule has 22 heavy (non-hydrogen) atoms. The highest BCUT2D eigenvalue weighted by atomic mass is 79.9. The van der Waals surface area contributed by atoms with Gasteiger partial charge in [0.15, 0.2) is 5.78 Å². The molecule has 0 atom stereocenters. The van der Waals surface area contributed by atoms with Crippen LogP contribution in [-0.2, 0) is 4.79 Å². The van der Waals surface area contributed by atoms with Gasteiger partial charge in [-0.15, -0.1) is 0 Å². The second-order valence-electron chi connectivity index (χ2n) is 5.80. The molecule has 1 fully saturated rings. The summed E-state index contributed by atoms with van der Waals surface area (Å²) in [5.74, 6) is 1.34. The predicted molar refractivity (Wildman–Crippen MR) is 95.2 cm³/mol. The Labute approximate surface area is 141 Å². The average molecular weight is 363 g/mol. The van der Waals surface area contributed by atoms with Crippen LogP contribution in [0, 0.1) is 5.92 Å². The molecule has 1 aliphatic rings. The third kappa shape index (κ3) is 4.57. The van der Waals surface area contributed by atoms with Crippen LogP contribution < -0.4 is 4.74 Å². The number of ether oxygens (including phenoxy) is 1. The zero-order valence-electron chi connectivity index (χ0n) is 13.3. The molecule has 0 radical (unpaired) electrons. The first kappa shape index (κ1) is 17.0. The first-order valence-corrected chi connectivity index (χ1v) is 8.64. The molecule has 0 N–H and O–H groups in total. The maximum Gasteiger partial charge on any atom is 0.158 e. The maximum atomic E-state index is 12.2. The lowest BCUT2D eigenvalue weighted by Crippen LogP contribution is -2.15. The van der Waals surface area contributed by atoms with Gasteiger partial charge in [-0.1, -0.05) is 37.5 Å². The van der Waals surface area contributed by atoms with E-state index < -0.39 is 0 Å². The quantitative estimate of drug-likeness (QED) is 0.508. The van der Waals surface area contributed by atoms with Gasteiger partial charge in [0.25, 0.3) is 0 Å². The van der Waals surface area contributed by atoms with Crippen molar-refractivity contribution in [2.75, 3.05) is 7.11 Å². The fourth-order valence-corrected chi connectivity index (χ4v) is 3.17. The van der Waals surface area contributed by atoms with E-state index in [1.807, 2.05) is 37.3 Å². The number of halogens is 1. The third-order valence-electron chi connectivity index (χ3n) is 4.19. The van der Waals surface area contributed by atoms with Crippen molar-refractivity contribution in [3.63, 3.8) is 0 Å². The number of benzene rings is 1. The summed E-state index contributed by atoms with van der Waals surface area (Å²) in [5, 5.41) is 0. The first-order valence-electron chi connectivity index (χ1n) is 7.84. The van der Waals surface area contributed by atoms with Gasteiger partial charge >= 0.3 is 0 Å². The molecule has 0 aromatic heterocycles. The Morgan fingerprint density at radius 2 is 1.77 bits per heavy atom. The van der Waals surface area contributed by atoms with E-state index in [1.54, 1.807) is 13.2 Å². The van der Waals surface area contributed by atoms with E-state index in [0.29, 0.717) is 0 Å². The summed E-state index contributed by atoms with van der Waals surface area (Å²) in [6, 6.07) is 7.87. The van der Waals surface area contributed by atoms with E-state index in [2.05, 4.69) is 15.9 Å². The van der Waals surface area contributed by atoms with Gasteiger partial charge in [-0.3, -0.25) is 4.79 Å². The largest absolute Gasteiger partial charge is 0.497 e. The first-order chi connectivity index (χ1) is 10.6. The second-order valence-corrected chi connectivity index (χ2v) is 6.59. The monoisotopic (exact) mass is 362 g/mol. The molecule has 1 aliphatic carbocycles. The Balaban J connectivity index is 2.05. The highest BCUT2D eigenvalue weighted by Gasteiger charge is 2.18. The topological polar surface area (TPSA) is 26.3 Å². The summed E-state index contributed by atoms with van der Waals surface area (Å²) < 4.78 is 6.17. The van der Waals surface area contributed by atoms with E-state index in [0.717, 1.165) is 34.2 Å². The van der Waals surface area contributed by atoms with Crippen molar-refractivity contribution in [3.8, 4) is 5.75 Å². The van der Waals surface area contributed by atoms with Gasteiger partial charge in [-0.2, -0.15) is 0 Å². The lowest BCUT2D eigenvalue weighted by molar-refractivity contribution is -0.119. The Hall–Kier alpha value is -1.35. The van der Waals surface area contributed by atoms with Crippen LogP contribution in [0.15, 0.2) is 42.0 Å². The van der Waals surface area contributed by atoms with Crippen molar-refractivity contribution >= 4 is 26.2 Å². The molecule has 2 nitrogen and oxygen atoms in total. The molecular weight excluding hydrogens is 340 g/mol. The van der Waals surface area contributed by atoms with Crippen LogP contribution in [0.1, 0.15) is 44.6 Å². The van der Waals surface area contributed by atoms with Crippen LogP contribution in [0.4, 0.5) is 0 Å². The smallest absolute Gasteiger partial charge is 0.158 e. The Bertz CT molecular complexity index is 564. The number of carbonyl (C=O) groups is 1. The molecule has 3 heteroatoms. The van der Waals surface area contributed by atoms with Crippen LogP contribution in [0.5, 0.6) is 5.75 Å². The van der Waals surface area contributed by atoms with Crippen molar-refractivity contribution in [2.45, 2.75) is 39.0 Å². The lowest BCUT2D eigenvalue weighted by atomic mass is 9.86. The molecule has 1 aromatic rings. The van der Waals surface area contributed by atoms with Crippen molar-refractivity contribution < 1.29 is 9.53 Å². The zero-order valence-corrected chi connectivity index (χ0v) is 14.9. The number of hydrogen-bond donors (Lipinski definition) is 0. The van der Waals surface area contributed by atoms with Crippen molar-refractivity contribution in [1.29, 1.82) is 0 Å². The molecule has 1 aromatic carbocycles. The highest BCUT2D eigenvalue weighted by molar-refractivity contribution is 9.15. The van der Waals surface area contributed by atoms with Gasteiger partial charge in [-0.05, 0) is 65.0 Å². The van der Waals surface area contributed by atoms with E-state index in [1.165, 1.54) is 19.3 Å². The molecule has 0 saturated heterocycles. The molecule has 0 amide bonds. The van der Waals surface area contributed by atoms with Gasteiger partial charge in [0.1, 0.15) is 5.75 Å². The second kappa shape index (κ2) is 8.33. The summed E-state index contributed by atoms with van der Waals surface area (Å²) in [6.07, 6.45) is 9.41. The van der Waals surface area contributed by atoms with Crippen molar-refractivity contribution in [3.05, 3.63) is 47.6 Å². The molecule has 0 heterocycles. The van der Waals surface area contributed by atoms with E-state index in [4.69, 9.17) is 4.74 Å². The summed E-state index contributed by atoms with van der Waals surface area (Å²) in [5.41, 5.74) is 2.13. The predicted octanol–water partition coefficient (Wildman–Crippen LogP) is 5.53. The van der Waals surface area contributed by atoms with E-state index in [-0.39, 0.29) is 11.7 Å². The lowest BCUT2D eigenvalue weighted by Gasteiger charge is -2.18. The normalized spacial score (nSPS) is 17.4. The third-order valence-corrected chi connectivity index (χ3v) is 5.28. The van der Waals surface area contributed by atoms with Gasteiger partial charge in [-0.25, -0.2) is 0 Å². The van der Waals surface area contributed by atoms with Crippen LogP contribution in [0.3, 0.4) is 0 Å². The van der Waals surface area contributed by atoms with Crippen LogP contribution in [0.25, 0.3) is 4.48 Å². The van der Waals surface area contributed by atoms with E-state index in [9.17, 15) is 4.79 Å².